The smallest absolute Gasteiger partial charge is 0.201 e. The van der Waals surface area contributed by atoms with Gasteiger partial charge in [0.25, 0.3) is 0 Å². The predicted molar refractivity (Wildman–Crippen MR) is 63.9 cm³/mol. The molecule has 1 aromatic rings. The van der Waals surface area contributed by atoms with Crippen LogP contribution in [0, 0.1) is 0 Å². The molecule has 1 aromatic heterocycles. The lowest BCUT2D eigenvalue weighted by molar-refractivity contribution is -0.159. The van der Waals surface area contributed by atoms with E-state index in [1.54, 1.807) is 11.3 Å². The van der Waals surface area contributed by atoms with Crippen molar-refractivity contribution >= 4 is 27.3 Å². The van der Waals surface area contributed by atoms with Crippen LogP contribution in [0.2, 0.25) is 0 Å². The number of hydrogen-bond donors (Lipinski definition) is 1. The van der Waals surface area contributed by atoms with Crippen LogP contribution in [-0.2, 0) is 15.3 Å². The molecule has 0 amide bonds. The highest BCUT2D eigenvalue weighted by Gasteiger charge is 2.39. The Hall–Kier alpha value is 0.0600. The summed E-state index contributed by atoms with van der Waals surface area (Å²) in [6.07, 6.45) is 0.975. The van der Waals surface area contributed by atoms with Gasteiger partial charge in [-0.1, -0.05) is 0 Å². The van der Waals surface area contributed by atoms with Gasteiger partial charge in [0.2, 0.25) is 5.79 Å². The molecule has 1 fully saturated rings. The Kier molecular flexibility index (Phi) is 3.47. The molecular formula is C10H14BrNO2S. The van der Waals surface area contributed by atoms with Crippen LogP contribution in [-0.4, -0.2) is 19.3 Å². The Morgan fingerprint density at radius 2 is 2.47 bits per heavy atom. The van der Waals surface area contributed by atoms with E-state index in [0.717, 1.165) is 15.1 Å². The Morgan fingerprint density at radius 3 is 3.07 bits per heavy atom. The second kappa shape index (κ2) is 4.51. The highest BCUT2D eigenvalue weighted by molar-refractivity contribution is 9.11. The van der Waals surface area contributed by atoms with Gasteiger partial charge >= 0.3 is 0 Å². The average molecular weight is 292 g/mol. The maximum absolute atomic E-state index is 5.88. The summed E-state index contributed by atoms with van der Waals surface area (Å²) >= 11 is 5.08. The lowest BCUT2D eigenvalue weighted by Crippen LogP contribution is -2.23. The van der Waals surface area contributed by atoms with Crippen LogP contribution in [0.4, 0.5) is 0 Å². The molecule has 0 bridgehead atoms. The van der Waals surface area contributed by atoms with Crippen LogP contribution >= 0.6 is 27.3 Å². The Balaban J connectivity index is 2.09. The first-order chi connectivity index (χ1) is 7.14. The van der Waals surface area contributed by atoms with Crippen LogP contribution in [0.3, 0.4) is 0 Å². The molecule has 2 heterocycles. The van der Waals surface area contributed by atoms with Crippen LogP contribution in [0.25, 0.3) is 0 Å². The Morgan fingerprint density at radius 1 is 1.67 bits per heavy atom. The van der Waals surface area contributed by atoms with E-state index in [9.17, 15) is 0 Å². The van der Waals surface area contributed by atoms with E-state index in [0.29, 0.717) is 13.2 Å². The quantitative estimate of drug-likeness (QED) is 0.930. The number of rotatable bonds is 3. The maximum atomic E-state index is 5.88. The van der Waals surface area contributed by atoms with Crippen molar-refractivity contribution in [3.05, 3.63) is 20.8 Å². The van der Waals surface area contributed by atoms with Gasteiger partial charge in [-0.05, 0) is 48.0 Å². The average Bonchev–Trinajstić information content (AvgIpc) is 2.75. The molecule has 84 valence electrons. The third kappa shape index (κ3) is 2.42. The zero-order valence-corrected chi connectivity index (χ0v) is 10.9. The molecule has 0 radical (unpaired) electrons. The third-order valence-corrected chi connectivity index (χ3v) is 4.25. The molecular weight excluding hydrogens is 278 g/mol. The van der Waals surface area contributed by atoms with Gasteiger partial charge in [0.1, 0.15) is 0 Å². The first-order valence-corrected chi connectivity index (χ1v) is 6.52. The number of thiophene rings is 1. The van der Waals surface area contributed by atoms with Crippen LogP contribution in [0.1, 0.15) is 18.2 Å². The summed E-state index contributed by atoms with van der Waals surface area (Å²) in [6.45, 7) is 3.23. The molecule has 0 saturated carbocycles. The van der Waals surface area contributed by atoms with E-state index in [4.69, 9.17) is 15.2 Å². The molecule has 1 saturated heterocycles. The molecule has 2 N–H and O–H groups in total. The van der Waals surface area contributed by atoms with Gasteiger partial charge in [0, 0.05) is 0 Å². The molecule has 0 aromatic carbocycles. The normalized spacial score (nSPS) is 31.0. The molecule has 2 atom stereocenters. The zero-order chi connectivity index (χ0) is 10.9. The summed E-state index contributed by atoms with van der Waals surface area (Å²) in [7, 11) is 0. The fourth-order valence-corrected chi connectivity index (χ4v) is 3.08. The van der Waals surface area contributed by atoms with Crippen molar-refractivity contribution in [3.63, 3.8) is 0 Å². The molecule has 2 unspecified atom stereocenters. The first-order valence-electron chi connectivity index (χ1n) is 4.92. The Labute approximate surface area is 102 Å². The summed E-state index contributed by atoms with van der Waals surface area (Å²) in [5.74, 6) is -0.587. The van der Waals surface area contributed by atoms with Crippen molar-refractivity contribution in [2.45, 2.75) is 25.2 Å². The van der Waals surface area contributed by atoms with E-state index in [-0.39, 0.29) is 6.10 Å². The van der Waals surface area contributed by atoms with Gasteiger partial charge in [0.05, 0.1) is 21.4 Å². The van der Waals surface area contributed by atoms with Crippen molar-refractivity contribution in [2.75, 3.05) is 13.2 Å². The third-order valence-electron chi connectivity index (χ3n) is 2.45. The van der Waals surface area contributed by atoms with Crippen molar-refractivity contribution in [3.8, 4) is 0 Å². The molecule has 5 heteroatoms. The second-order valence-corrected chi connectivity index (χ2v) is 6.14. The van der Waals surface area contributed by atoms with E-state index in [1.165, 1.54) is 0 Å². The van der Waals surface area contributed by atoms with Crippen LogP contribution < -0.4 is 5.73 Å². The number of hydrogen-bond acceptors (Lipinski definition) is 4. The standard InChI is InChI=1S/C10H14BrNO2S/c1-10(8-2-3-9(11)15-8)13-6-7(14-10)4-5-12/h2-3,7H,4-6,12H2,1H3. The summed E-state index contributed by atoms with van der Waals surface area (Å²) < 4.78 is 12.7. The Bertz CT molecular complexity index is 344. The van der Waals surface area contributed by atoms with Gasteiger partial charge in [0.15, 0.2) is 0 Å². The summed E-state index contributed by atoms with van der Waals surface area (Å²) in [5.41, 5.74) is 5.50. The summed E-state index contributed by atoms with van der Waals surface area (Å²) in [6, 6.07) is 4.04. The van der Waals surface area contributed by atoms with Gasteiger partial charge in [-0.15, -0.1) is 11.3 Å². The molecule has 0 aliphatic carbocycles. The molecule has 1 aliphatic rings. The second-order valence-electron chi connectivity index (χ2n) is 3.68. The minimum Gasteiger partial charge on any atom is -0.343 e. The van der Waals surface area contributed by atoms with Crippen molar-refractivity contribution in [2.24, 2.45) is 5.73 Å². The molecule has 15 heavy (non-hydrogen) atoms. The molecule has 2 rings (SSSR count). The van der Waals surface area contributed by atoms with Crippen molar-refractivity contribution in [1.29, 1.82) is 0 Å². The molecule has 0 spiro atoms. The molecule has 3 nitrogen and oxygen atoms in total. The number of nitrogens with two attached hydrogens (primary N) is 1. The summed E-state index contributed by atoms with van der Waals surface area (Å²) in [5, 5.41) is 0. The lowest BCUT2D eigenvalue weighted by atomic mass is 10.2. The largest absolute Gasteiger partial charge is 0.343 e. The van der Waals surface area contributed by atoms with Gasteiger partial charge in [-0.3, -0.25) is 0 Å². The minimum absolute atomic E-state index is 0.126. The van der Waals surface area contributed by atoms with E-state index in [2.05, 4.69) is 15.9 Å². The number of ether oxygens (including phenoxy) is 2. The SMILES string of the molecule is CC1(c2ccc(Br)s2)OCC(CCN)O1. The van der Waals surface area contributed by atoms with E-state index in [1.807, 2.05) is 19.1 Å². The fraction of sp³-hybridized carbons (Fsp3) is 0.600. The predicted octanol–water partition coefficient (Wildman–Crippen LogP) is 2.45. The minimum atomic E-state index is -0.587. The van der Waals surface area contributed by atoms with Crippen LogP contribution in [0.15, 0.2) is 15.9 Å². The molecule has 1 aliphatic heterocycles. The maximum Gasteiger partial charge on any atom is 0.201 e. The monoisotopic (exact) mass is 291 g/mol. The van der Waals surface area contributed by atoms with E-state index < -0.39 is 5.79 Å². The van der Waals surface area contributed by atoms with Gasteiger partial charge in [-0.25, -0.2) is 0 Å². The zero-order valence-electron chi connectivity index (χ0n) is 8.53. The lowest BCUT2D eigenvalue weighted by Gasteiger charge is -2.21. The highest BCUT2D eigenvalue weighted by Crippen LogP contribution is 2.39. The van der Waals surface area contributed by atoms with Gasteiger partial charge < -0.3 is 15.2 Å². The highest BCUT2D eigenvalue weighted by atomic mass is 79.9. The van der Waals surface area contributed by atoms with Crippen molar-refractivity contribution < 1.29 is 9.47 Å². The summed E-state index contributed by atoms with van der Waals surface area (Å²) in [4.78, 5) is 1.09. The fourth-order valence-electron chi connectivity index (χ4n) is 1.65. The van der Waals surface area contributed by atoms with Crippen molar-refractivity contribution in [1.82, 2.24) is 0 Å². The van der Waals surface area contributed by atoms with E-state index >= 15 is 0 Å². The van der Waals surface area contributed by atoms with Gasteiger partial charge in [-0.2, -0.15) is 0 Å². The first kappa shape index (κ1) is 11.5. The topological polar surface area (TPSA) is 44.5 Å². The van der Waals surface area contributed by atoms with Crippen LogP contribution in [0.5, 0.6) is 0 Å². The number of halogens is 1.